The zero-order valence-corrected chi connectivity index (χ0v) is 22.0. The molecule has 0 aliphatic heterocycles. The van der Waals surface area contributed by atoms with Gasteiger partial charge in [-0.25, -0.2) is 9.59 Å². The predicted octanol–water partition coefficient (Wildman–Crippen LogP) is 3.34. The average molecular weight is 497 g/mol. The molecule has 0 heterocycles. The molecule has 6 atom stereocenters. The molecular formula is C25H40N2O8. The number of carbonyl (C=O) groups excluding carboxylic acids is 4. The van der Waals surface area contributed by atoms with Crippen LogP contribution >= 0.6 is 0 Å². The van der Waals surface area contributed by atoms with Crippen LogP contribution in [0.4, 0.5) is 9.59 Å². The van der Waals surface area contributed by atoms with Crippen LogP contribution in [-0.4, -0.2) is 60.6 Å². The number of ether oxygens (including phenoxy) is 4. The van der Waals surface area contributed by atoms with Crippen LogP contribution in [0.3, 0.4) is 0 Å². The van der Waals surface area contributed by atoms with E-state index in [9.17, 15) is 19.2 Å². The van der Waals surface area contributed by atoms with Gasteiger partial charge in [0.05, 0.1) is 23.9 Å². The Bertz CT molecular complexity index is 760. The number of allylic oxidation sites excluding steroid dienone is 2. The topological polar surface area (TPSA) is 129 Å². The maximum Gasteiger partial charge on any atom is 0.407 e. The van der Waals surface area contributed by atoms with E-state index in [4.69, 9.17) is 18.9 Å². The quantitative estimate of drug-likeness (QED) is 0.297. The van der Waals surface area contributed by atoms with Crippen molar-refractivity contribution in [1.82, 2.24) is 10.6 Å². The van der Waals surface area contributed by atoms with Crippen LogP contribution in [0.25, 0.3) is 0 Å². The monoisotopic (exact) mass is 496 g/mol. The predicted molar refractivity (Wildman–Crippen MR) is 127 cm³/mol. The highest BCUT2D eigenvalue weighted by Crippen LogP contribution is 2.49. The average Bonchev–Trinajstić information content (AvgIpc) is 3.28. The summed E-state index contributed by atoms with van der Waals surface area (Å²) in [5, 5.41) is 5.25. The number of hydrogen-bond donors (Lipinski definition) is 2. The summed E-state index contributed by atoms with van der Waals surface area (Å²) in [6.07, 6.45) is 3.36. The van der Waals surface area contributed by atoms with Crippen molar-refractivity contribution in [3.8, 4) is 0 Å². The van der Waals surface area contributed by atoms with Gasteiger partial charge < -0.3 is 29.6 Å². The van der Waals surface area contributed by atoms with Crippen molar-refractivity contribution >= 4 is 24.1 Å². The second kappa shape index (κ2) is 11.3. The van der Waals surface area contributed by atoms with Gasteiger partial charge >= 0.3 is 24.1 Å². The van der Waals surface area contributed by atoms with Gasteiger partial charge in [0.1, 0.15) is 24.4 Å². The number of amides is 2. The van der Waals surface area contributed by atoms with Gasteiger partial charge in [-0.3, -0.25) is 9.59 Å². The lowest BCUT2D eigenvalue weighted by Gasteiger charge is -2.27. The van der Waals surface area contributed by atoms with Crippen molar-refractivity contribution in [2.45, 2.75) is 85.1 Å². The Labute approximate surface area is 207 Å². The third-order valence-corrected chi connectivity index (χ3v) is 5.48. The highest BCUT2D eigenvalue weighted by molar-refractivity contribution is 5.84. The van der Waals surface area contributed by atoms with Crippen molar-refractivity contribution in [3.05, 3.63) is 12.2 Å². The molecule has 10 nitrogen and oxygen atoms in total. The van der Waals surface area contributed by atoms with Gasteiger partial charge in [-0.2, -0.15) is 0 Å². The number of esters is 2. The molecule has 0 aromatic rings. The summed E-state index contributed by atoms with van der Waals surface area (Å²) in [5.74, 6) is -2.50. The summed E-state index contributed by atoms with van der Waals surface area (Å²) in [6, 6.07) is -0.929. The Kier molecular flexibility index (Phi) is 9.19. The first-order valence-electron chi connectivity index (χ1n) is 12.1. The van der Waals surface area contributed by atoms with Crippen LogP contribution in [0.5, 0.6) is 0 Å². The third-order valence-electron chi connectivity index (χ3n) is 5.48. The number of rotatable bonds is 8. The van der Waals surface area contributed by atoms with Crippen LogP contribution in [0, 0.1) is 23.7 Å². The number of carbonyl (C=O) groups is 4. The Balaban J connectivity index is 1.87. The lowest BCUT2D eigenvalue weighted by molar-refractivity contribution is -0.162. The molecule has 0 saturated heterocycles. The molecule has 2 N–H and O–H groups in total. The van der Waals surface area contributed by atoms with Gasteiger partial charge in [-0.15, -0.1) is 0 Å². The van der Waals surface area contributed by atoms with Crippen LogP contribution < -0.4 is 10.6 Å². The smallest absolute Gasteiger partial charge is 0.407 e. The molecule has 1 saturated carbocycles. The van der Waals surface area contributed by atoms with Crippen LogP contribution in [0.2, 0.25) is 0 Å². The maximum absolute atomic E-state index is 12.9. The van der Waals surface area contributed by atoms with Crippen LogP contribution in [-0.2, 0) is 28.5 Å². The van der Waals surface area contributed by atoms with E-state index >= 15 is 0 Å². The van der Waals surface area contributed by atoms with Crippen molar-refractivity contribution < 1.29 is 38.1 Å². The second-order valence-corrected chi connectivity index (χ2v) is 11.4. The molecule has 0 spiro atoms. The van der Waals surface area contributed by atoms with Crippen molar-refractivity contribution in [2.24, 2.45) is 23.7 Å². The first kappa shape index (κ1) is 28.5. The van der Waals surface area contributed by atoms with E-state index in [1.807, 2.05) is 12.2 Å². The molecule has 0 unspecified atom stereocenters. The minimum absolute atomic E-state index is 0.0473. The summed E-state index contributed by atoms with van der Waals surface area (Å²) in [5.41, 5.74) is -1.27. The Morgan fingerprint density at radius 2 is 1.09 bits per heavy atom. The molecular weight excluding hydrogens is 456 g/mol. The van der Waals surface area contributed by atoms with Gasteiger partial charge in [0, 0.05) is 0 Å². The van der Waals surface area contributed by atoms with Crippen LogP contribution in [0.15, 0.2) is 12.2 Å². The summed E-state index contributed by atoms with van der Waals surface area (Å²) in [6.45, 7) is 13.8. The van der Waals surface area contributed by atoms with Gasteiger partial charge in [0.15, 0.2) is 0 Å². The summed E-state index contributed by atoms with van der Waals surface area (Å²) >= 11 is 0. The lowest BCUT2D eigenvalue weighted by atomic mass is 9.83. The molecule has 2 aliphatic rings. The van der Waals surface area contributed by atoms with Crippen molar-refractivity contribution in [2.75, 3.05) is 13.2 Å². The SMILES string of the molecule is C[C@@H](COC(=O)[C@@H]1[C@H](C(=O)OC[C@H](C)NC(=O)OC(C)(C)C)[C@H]2C=C[C@@H]1C2)NC(=O)OC(C)(C)C. The molecule has 2 aliphatic carbocycles. The van der Waals surface area contributed by atoms with Crippen molar-refractivity contribution in [3.63, 3.8) is 0 Å². The van der Waals surface area contributed by atoms with E-state index in [-0.39, 0.29) is 25.0 Å². The Morgan fingerprint density at radius 1 is 0.743 bits per heavy atom. The van der Waals surface area contributed by atoms with E-state index in [1.54, 1.807) is 55.4 Å². The highest BCUT2D eigenvalue weighted by atomic mass is 16.6. The summed E-state index contributed by atoms with van der Waals surface area (Å²) in [7, 11) is 0. The molecule has 35 heavy (non-hydrogen) atoms. The molecule has 0 aromatic heterocycles. The minimum atomic E-state index is -0.652. The number of fused-ring (bicyclic) bond motifs is 2. The van der Waals surface area contributed by atoms with E-state index in [1.165, 1.54) is 0 Å². The normalized spacial score (nSPS) is 24.8. The molecule has 2 bridgehead atoms. The molecule has 2 rings (SSSR count). The molecule has 198 valence electrons. The van der Waals surface area contributed by atoms with E-state index in [0.29, 0.717) is 6.42 Å². The molecule has 1 fully saturated rings. The van der Waals surface area contributed by atoms with Crippen molar-refractivity contribution in [1.29, 1.82) is 0 Å². The van der Waals surface area contributed by atoms with Crippen LogP contribution in [0.1, 0.15) is 61.8 Å². The molecule has 0 radical (unpaired) electrons. The number of nitrogens with one attached hydrogen (secondary N) is 2. The minimum Gasteiger partial charge on any atom is -0.463 e. The van der Waals surface area contributed by atoms with Gasteiger partial charge in [-0.05, 0) is 73.6 Å². The van der Waals surface area contributed by atoms with E-state index in [2.05, 4.69) is 10.6 Å². The molecule has 10 heteroatoms. The fraction of sp³-hybridized carbons (Fsp3) is 0.760. The van der Waals surface area contributed by atoms with E-state index < -0.39 is 59.2 Å². The number of alkyl carbamates (subject to hydrolysis) is 2. The highest BCUT2D eigenvalue weighted by Gasteiger charge is 2.53. The lowest BCUT2D eigenvalue weighted by Crippen LogP contribution is -2.42. The first-order valence-corrected chi connectivity index (χ1v) is 12.1. The van der Waals surface area contributed by atoms with Gasteiger partial charge in [0.2, 0.25) is 0 Å². The fourth-order valence-corrected chi connectivity index (χ4v) is 4.17. The summed E-state index contributed by atoms with van der Waals surface area (Å²) < 4.78 is 21.3. The standard InChI is InChI=1S/C25H40N2O8/c1-14(26-22(30)34-24(3,4)5)12-32-20(28)18-16-9-10-17(11-16)19(18)21(29)33-13-15(2)27-23(31)35-25(6,7)8/h9-10,14-19H,11-13H2,1-8H3,(H,26,30)(H,27,31)/t14-,15-,16-,17+,18+,19-/m0/s1. The largest absolute Gasteiger partial charge is 0.463 e. The molecule has 0 aromatic carbocycles. The maximum atomic E-state index is 12.9. The first-order chi connectivity index (χ1) is 16.1. The third kappa shape index (κ3) is 9.07. The zero-order valence-electron chi connectivity index (χ0n) is 22.0. The van der Waals surface area contributed by atoms with Gasteiger partial charge in [-0.1, -0.05) is 12.2 Å². The second-order valence-electron chi connectivity index (χ2n) is 11.4. The Morgan fingerprint density at radius 3 is 1.40 bits per heavy atom. The zero-order chi connectivity index (χ0) is 26.6. The molecule has 2 amide bonds. The van der Waals surface area contributed by atoms with E-state index in [0.717, 1.165) is 0 Å². The summed E-state index contributed by atoms with van der Waals surface area (Å²) in [4.78, 5) is 49.6. The number of hydrogen-bond acceptors (Lipinski definition) is 8. The van der Waals surface area contributed by atoms with Gasteiger partial charge in [0.25, 0.3) is 0 Å². The Hall–Kier alpha value is -2.78. The fourth-order valence-electron chi connectivity index (χ4n) is 4.17.